The molecule has 0 saturated carbocycles. The van der Waals surface area contributed by atoms with Gasteiger partial charge in [0.05, 0.1) is 13.7 Å². The fraction of sp³-hybridized carbons (Fsp3) is 0.400. The number of alkyl halides is 1. The molecule has 0 aromatic heterocycles. The third kappa shape index (κ3) is 3.03. The largest absolute Gasteiger partial charge is 0.497 e. The average molecular weight is 184 g/mol. The van der Waals surface area contributed by atoms with Crippen molar-refractivity contribution >= 4 is 0 Å². The van der Waals surface area contributed by atoms with E-state index in [1.807, 2.05) is 6.07 Å². The molecular weight excluding hydrogens is 171 g/mol. The zero-order valence-corrected chi connectivity index (χ0v) is 7.53. The van der Waals surface area contributed by atoms with Gasteiger partial charge in [0.1, 0.15) is 11.9 Å². The molecule has 1 rings (SSSR count). The number of benzene rings is 1. The van der Waals surface area contributed by atoms with Crippen LogP contribution in [0, 0.1) is 0 Å². The highest BCUT2D eigenvalue weighted by Crippen LogP contribution is 2.14. The van der Waals surface area contributed by atoms with Crippen molar-refractivity contribution in [2.24, 2.45) is 0 Å². The number of ether oxygens (including phenoxy) is 1. The van der Waals surface area contributed by atoms with Gasteiger partial charge in [0.2, 0.25) is 0 Å². The molecule has 2 nitrogen and oxygen atoms in total. The summed E-state index contributed by atoms with van der Waals surface area (Å²) in [5, 5.41) is 8.52. The van der Waals surface area contributed by atoms with E-state index in [1.165, 1.54) is 0 Å². The monoisotopic (exact) mass is 184 g/mol. The van der Waals surface area contributed by atoms with Gasteiger partial charge in [0, 0.05) is 6.42 Å². The first kappa shape index (κ1) is 9.99. The minimum Gasteiger partial charge on any atom is -0.497 e. The molecule has 0 saturated heterocycles. The summed E-state index contributed by atoms with van der Waals surface area (Å²) in [5.74, 6) is 0.711. The van der Waals surface area contributed by atoms with Gasteiger partial charge in [-0.25, -0.2) is 4.39 Å². The van der Waals surface area contributed by atoms with Crippen molar-refractivity contribution in [3.05, 3.63) is 29.8 Å². The molecule has 0 aliphatic rings. The van der Waals surface area contributed by atoms with Crippen molar-refractivity contribution in [2.75, 3.05) is 13.7 Å². The maximum Gasteiger partial charge on any atom is 0.127 e. The van der Waals surface area contributed by atoms with Gasteiger partial charge in [0.15, 0.2) is 0 Å². The Kier molecular flexibility index (Phi) is 3.71. The summed E-state index contributed by atoms with van der Waals surface area (Å²) < 4.78 is 17.7. The number of hydrogen-bond acceptors (Lipinski definition) is 2. The van der Waals surface area contributed by atoms with E-state index >= 15 is 0 Å². The van der Waals surface area contributed by atoms with Crippen LogP contribution in [0.4, 0.5) is 4.39 Å². The number of methoxy groups -OCH3 is 1. The molecule has 13 heavy (non-hydrogen) atoms. The molecule has 3 heteroatoms. The molecule has 0 heterocycles. The lowest BCUT2D eigenvalue weighted by Gasteiger charge is -2.06. The maximum absolute atomic E-state index is 12.8. The smallest absolute Gasteiger partial charge is 0.127 e. The average Bonchev–Trinajstić information content (AvgIpc) is 2.18. The Morgan fingerprint density at radius 2 is 2.31 bits per heavy atom. The van der Waals surface area contributed by atoms with Crippen molar-refractivity contribution in [3.63, 3.8) is 0 Å². The zero-order valence-electron chi connectivity index (χ0n) is 7.53. The highest BCUT2D eigenvalue weighted by atomic mass is 19.1. The van der Waals surface area contributed by atoms with Crippen molar-refractivity contribution in [3.8, 4) is 5.75 Å². The van der Waals surface area contributed by atoms with Crippen LogP contribution >= 0.6 is 0 Å². The van der Waals surface area contributed by atoms with E-state index in [1.54, 1.807) is 25.3 Å². The third-order valence-corrected chi connectivity index (χ3v) is 1.79. The van der Waals surface area contributed by atoms with Gasteiger partial charge >= 0.3 is 0 Å². The van der Waals surface area contributed by atoms with Crippen LogP contribution in [0.1, 0.15) is 5.56 Å². The zero-order chi connectivity index (χ0) is 9.68. The summed E-state index contributed by atoms with van der Waals surface area (Å²) in [7, 11) is 1.57. The molecule has 0 radical (unpaired) electrons. The van der Waals surface area contributed by atoms with E-state index < -0.39 is 12.8 Å². The van der Waals surface area contributed by atoms with Crippen LogP contribution in [0.15, 0.2) is 24.3 Å². The lowest BCUT2D eigenvalue weighted by atomic mass is 10.1. The van der Waals surface area contributed by atoms with E-state index in [4.69, 9.17) is 9.84 Å². The number of aliphatic hydroxyl groups excluding tert-OH is 1. The highest BCUT2D eigenvalue weighted by Gasteiger charge is 2.05. The minimum absolute atomic E-state index is 0.230. The predicted octanol–water partition coefficient (Wildman–Crippen LogP) is 1.57. The number of halogens is 1. The Morgan fingerprint density at radius 3 is 2.92 bits per heavy atom. The van der Waals surface area contributed by atoms with E-state index in [9.17, 15) is 4.39 Å². The van der Waals surface area contributed by atoms with Gasteiger partial charge in [-0.2, -0.15) is 0 Å². The molecule has 0 spiro atoms. The lowest BCUT2D eigenvalue weighted by molar-refractivity contribution is 0.177. The first-order chi connectivity index (χ1) is 6.26. The van der Waals surface area contributed by atoms with Crippen molar-refractivity contribution in [2.45, 2.75) is 12.6 Å². The normalized spacial score (nSPS) is 12.5. The Balaban J connectivity index is 2.66. The second kappa shape index (κ2) is 4.82. The van der Waals surface area contributed by atoms with Gasteiger partial charge in [-0.3, -0.25) is 0 Å². The summed E-state index contributed by atoms with van der Waals surface area (Å²) in [6.07, 6.45) is -0.958. The van der Waals surface area contributed by atoms with Gasteiger partial charge in [-0.1, -0.05) is 12.1 Å². The molecule has 1 aromatic carbocycles. The Hall–Kier alpha value is -1.09. The summed E-state index contributed by atoms with van der Waals surface area (Å²) in [4.78, 5) is 0. The quantitative estimate of drug-likeness (QED) is 0.769. The van der Waals surface area contributed by atoms with Gasteiger partial charge in [-0.15, -0.1) is 0 Å². The molecule has 0 bridgehead atoms. The molecule has 0 aliphatic heterocycles. The molecule has 0 aliphatic carbocycles. The van der Waals surface area contributed by atoms with Crippen LogP contribution in [0.2, 0.25) is 0 Å². The van der Waals surface area contributed by atoms with Crippen molar-refractivity contribution < 1.29 is 14.2 Å². The van der Waals surface area contributed by atoms with Crippen LogP contribution in [0.5, 0.6) is 5.75 Å². The molecule has 1 unspecified atom stereocenters. The first-order valence-electron chi connectivity index (χ1n) is 4.14. The van der Waals surface area contributed by atoms with Gasteiger partial charge in [-0.05, 0) is 17.7 Å². The Bertz CT molecular complexity index is 263. The molecule has 0 amide bonds. The summed E-state index contributed by atoms with van der Waals surface area (Å²) in [6.45, 7) is -0.433. The van der Waals surface area contributed by atoms with E-state index in [2.05, 4.69) is 0 Å². The second-order valence-electron chi connectivity index (χ2n) is 2.84. The second-order valence-corrected chi connectivity index (χ2v) is 2.84. The topological polar surface area (TPSA) is 29.5 Å². The fourth-order valence-corrected chi connectivity index (χ4v) is 1.12. The SMILES string of the molecule is COc1cccc(CC(F)CO)c1. The van der Waals surface area contributed by atoms with Crippen LogP contribution in [-0.4, -0.2) is 25.0 Å². The standard InChI is InChI=1S/C10H13FO2/c1-13-10-4-2-3-8(6-10)5-9(11)7-12/h2-4,6,9,12H,5,7H2,1H3. The maximum atomic E-state index is 12.8. The predicted molar refractivity (Wildman–Crippen MR) is 48.7 cm³/mol. The molecule has 72 valence electrons. The first-order valence-corrected chi connectivity index (χ1v) is 4.14. The molecule has 1 atom stereocenters. The third-order valence-electron chi connectivity index (χ3n) is 1.79. The van der Waals surface area contributed by atoms with Crippen LogP contribution in [-0.2, 0) is 6.42 Å². The van der Waals surface area contributed by atoms with E-state index in [0.717, 1.165) is 5.56 Å². The van der Waals surface area contributed by atoms with Crippen molar-refractivity contribution in [1.82, 2.24) is 0 Å². The number of aliphatic hydroxyl groups is 1. The number of hydrogen-bond donors (Lipinski definition) is 1. The summed E-state index contributed by atoms with van der Waals surface area (Å²) in [6, 6.07) is 7.18. The van der Waals surface area contributed by atoms with Crippen molar-refractivity contribution in [1.29, 1.82) is 0 Å². The van der Waals surface area contributed by atoms with Crippen LogP contribution in [0.3, 0.4) is 0 Å². The lowest BCUT2D eigenvalue weighted by Crippen LogP contribution is -2.09. The molecular formula is C10H13FO2. The van der Waals surface area contributed by atoms with Crippen LogP contribution in [0.25, 0.3) is 0 Å². The van der Waals surface area contributed by atoms with Gasteiger partial charge < -0.3 is 9.84 Å². The Morgan fingerprint density at radius 1 is 1.54 bits per heavy atom. The van der Waals surface area contributed by atoms with Crippen LogP contribution < -0.4 is 4.74 Å². The number of rotatable bonds is 4. The van der Waals surface area contributed by atoms with E-state index in [-0.39, 0.29) is 6.42 Å². The van der Waals surface area contributed by atoms with E-state index in [0.29, 0.717) is 5.75 Å². The minimum atomic E-state index is -1.19. The summed E-state index contributed by atoms with van der Waals surface area (Å²) >= 11 is 0. The summed E-state index contributed by atoms with van der Waals surface area (Å²) in [5.41, 5.74) is 0.834. The fourth-order valence-electron chi connectivity index (χ4n) is 1.12. The molecule has 0 fully saturated rings. The Labute approximate surface area is 77.0 Å². The molecule has 1 N–H and O–H groups in total. The van der Waals surface area contributed by atoms with Gasteiger partial charge in [0.25, 0.3) is 0 Å². The highest BCUT2D eigenvalue weighted by molar-refractivity contribution is 5.28. The molecule has 1 aromatic rings.